The summed E-state index contributed by atoms with van der Waals surface area (Å²) in [5, 5.41) is 8.96. The van der Waals surface area contributed by atoms with Crippen molar-refractivity contribution in [3.8, 4) is 22.9 Å². The van der Waals surface area contributed by atoms with Crippen molar-refractivity contribution in [1.82, 2.24) is 9.55 Å². The van der Waals surface area contributed by atoms with E-state index in [0.717, 1.165) is 28.6 Å². The third kappa shape index (κ3) is 2.29. The van der Waals surface area contributed by atoms with Crippen LogP contribution in [0.1, 0.15) is 5.69 Å². The van der Waals surface area contributed by atoms with Gasteiger partial charge in [0, 0.05) is 31.8 Å². The molecule has 0 radical (unpaired) electrons. The molecule has 1 aromatic heterocycles. The van der Waals surface area contributed by atoms with Crippen LogP contribution in [0, 0.1) is 0 Å². The van der Waals surface area contributed by atoms with Crippen LogP contribution < -0.4 is 9.47 Å². The minimum Gasteiger partial charge on any atom is -0.486 e. The first-order valence-electron chi connectivity index (χ1n) is 6.31. The van der Waals surface area contributed by atoms with Gasteiger partial charge in [0.2, 0.25) is 0 Å². The monoisotopic (exact) mass is 260 g/mol. The second-order valence-electron chi connectivity index (χ2n) is 4.50. The number of imidazole rings is 1. The van der Waals surface area contributed by atoms with E-state index in [-0.39, 0.29) is 6.61 Å². The zero-order valence-corrected chi connectivity index (χ0v) is 10.8. The SMILES string of the molecule is Cn1cc(CCO)nc1-c1ccc2c(c1)OCCO2. The molecule has 1 aromatic carbocycles. The first kappa shape index (κ1) is 12.0. The molecule has 0 fully saturated rings. The van der Waals surface area contributed by atoms with Gasteiger partial charge in [0.25, 0.3) is 0 Å². The Morgan fingerprint density at radius 1 is 1.26 bits per heavy atom. The number of rotatable bonds is 3. The van der Waals surface area contributed by atoms with Gasteiger partial charge in [0.05, 0.1) is 5.69 Å². The Morgan fingerprint density at radius 3 is 2.84 bits per heavy atom. The van der Waals surface area contributed by atoms with E-state index in [4.69, 9.17) is 14.6 Å². The molecule has 5 heteroatoms. The summed E-state index contributed by atoms with van der Waals surface area (Å²) in [5.41, 5.74) is 1.87. The number of aromatic nitrogens is 2. The highest BCUT2D eigenvalue weighted by molar-refractivity contribution is 5.62. The van der Waals surface area contributed by atoms with Crippen molar-refractivity contribution in [2.45, 2.75) is 6.42 Å². The lowest BCUT2D eigenvalue weighted by Gasteiger charge is -2.18. The number of aliphatic hydroxyl groups is 1. The Labute approximate surface area is 111 Å². The van der Waals surface area contributed by atoms with Crippen molar-refractivity contribution < 1.29 is 14.6 Å². The number of aryl methyl sites for hydroxylation is 1. The lowest BCUT2D eigenvalue weighted by atomic mass is 10.2. The van der Waals surface area contributed by atoms with Crippen LogP contribution in [0.2, 0.25) is 0 Å². The lowest BCUT2D eigenvalue weighted by Crippen LogP contribution is -2.15. The van der Waals surface area contributed by atoms with Crippen molar-refractivity contribution in [1.29, 1.82) is 0 Å². The number of nitrogens with zero attached hydrogens (tertiary/aromatic N) is 2. The molecule has 0 amide bonds. The highest BCUT2D eigenvalue weighted by Crippen LogP contribution is 2.34. The molecule has 0 saturated heterocycles. The van der Waals surface area contributed by atoms with Gasteiger partial charge >= 0.3 is 0 Å². The average Bonchev–Trinajstić information content (AvgIpc) is 2.79. The summed E-state index contributed by atoms with van der Waals surface area (Å²) in [6.45, 7) is 1.28. The fourth-order valence-electron chi connectivity index (χ4n) is 2.21. The van der Waals surface area contributed by atoms with Crippen molar-refractivity contribution in [2.24, 2.45) is 7.05 Å². The largest absolute Gasteiger partial charge is 0.486 e. The summed E-state index contributed by atoms with van der Waals surface area (Å²) < 4.78 is 13.0. The molecule has 0 unspecified atom stereocenters. The maximum atomic E-state index is 8.96. The fourth-order valence-corrected chi connectivity index (χ4v) is 2.21. The molecule has 5 nitrogen and oxygen atoms in total. The van der Waals surface area contributed by atoms with Crippen LogP contribution >= 0.6 is 0 Å². The Balaban J connectivity index is 1.97. The number of hydrogen-bond donors (Lipinski definition) is 1. The summed E-state index contributed by atoms with van der Waals surface area (Å²) >= 11 is 0. The molecule has 0 aliphatic carbocycles. The maximum Gasteiger partial charge on any atom is 0.162 e. The van der Waals surface area contributed by atoms with E-state index in [1.54, 1.807) is 0 Å². The molecule has 0 saturated carbocycles. The second kappa shape index (κ2) is 4.93. The molecule has 100 valence electrons. The molecular weight excluding hydrogens is 244 g/mol. The Hall–Kier alpha value is -2.01. The summed E-state index contributed by atoms with van der Waals surface area (Å²) in [6.07, 6.45) is 2.50. The summed E-state index contributed by atoms with van der Waals surface area (Å²) in [6, 6.07) is 5.82. The molecular formula is C14H16N2O3. The summed E-state index contributed by atoms with van der Waals surface area (Å²) in [5.74, 6) is 2.40. The van der Waals surface area contributed by atoms with Gasteiger partial charge in [-0.1, -0.05) is 0 Å². The highest BCUT2D eigenvalue weighted by atomic mass is 16.6. The van der Waals surface area contributed by atoms with Gasteiger partial charge in [-0.3, -0.25) is 0 Å². The molecule has 0 spiro atoms. The van der Waals surface area contributed by atoms with Gasteiger partial charge in [-0.05, 0) is 18.2 Å². The number of benzene rings is 1. The van der Waals surface area contributed by atoms with Crippen LogP contribution in [-0.4, -0.2) is 34.5 Å². The van der Waals surface area contributed by atoms with E-state index in [1.807, 2.05) is 36.0 Å². The lowest BCUT2D eigenvalue weighted by molar-refractivity contribution is 0.171. The van der Waals surface area contributed by atoms with Crippen LogP contribution in [0.5, 0.6) is 11.5 Å². The highest BCUT2D eigenvalue weighted by Gasteiger charge is 2.14. The van der Waals surface area contributed by atoms with Crippen LogP contribution in [0.4, 0.5) is 0 Å². The second-order valence-corrected chi connectivity index (χ2v) is 4.50. The molecule has 0 atom stereocenters. The predicted molar refractivity (Wildman–Crippen MR) is 70.4 cm³/mol. The van der Waals surface area contributed by atoms with Crippen LogP contribution in [0.3, 0.4) is 0 Å². The Bertz CT molecular complexity index is 592. The molecule has 19 heavy (non-hydrogen) atoms. The predicted octanol–water partition coefficient (Wildman–Crippen LogP) is 1.39. The van der Waals surface area contributed by atoms with E-state index in [9.17, 15) is 0 Å². The first-order chi connectivity index (χ1) is 9.28. The fraction of sp³-hybridized carbons (Fsp3) is 0.357. The summed E-state index contributed by atoms with van der Waals surface area (Å²) in [7, 11) is 1.94. The number of hydrogen-bond acceptors (Lipinski definition) is 4. The third-order valence-corrected chi connectivity index (χ3v) is 3.09. The van der Waals surface area contributed by atoms with Gasteiger partial charge in [0.1, 0.15) is 19.0 Å². The first-order valence-corrected chi connectivity index (χ1v) is 6.31. The van der Waals surface area contributed by atoms with Crippen molar-refractivity contribution in [2.75, 3.05) is 19.8 Å². The van der Waals surface area contributed by atoms with Gasteiger partial charge in [-0.25, -0.2) is 4.98 Å². The molecule has 3 rings (SSSR count). The van der Waals surface area contributed by atoms with E-state index >= 15 is 0 Å². The van der Waals surface area contributed by atoms with Crippen LogP contribution in [-0.2, 0) is 13.5 Å². The zero-order chi connectivity index (χ0) is 13.2. The quantitative estimate of drug-likeness (QED) is 0.906. The van der Waals surface area contributed by atoms with Gasteiger partial charge in [0.15, 0.2) is 11.5 Å². The van der Waals surface area contributed by atoms with E-state index in [1.165, 1.54) is 0 Å². The van der Waals surface area contributed by atoms with Gasteiger partial charge in [-0.15, -0.1) is 0 Å². The van der Waals surface area contributed by atoms with Crippen molar-refractivity contribution in [3.05, 3.63) is 30.1 Å². The van der Waals surface area contributed by atoms with E-state index < -0.39 is 0 Å². The standard InChI is InChI=1S/C14H16N2O3/c1-16-9-11(4-5-17)15-14(16)10-2-3-12-13(8-10)19-7-6-18-12/h2-3,8-9,17H,4-7H2,1H3. The molecule has 2 aromatic rings. The minimum atomic E-state index is 0.109. The van der Waals surface area contributed by atoms with Crippen LogP contribution in [0.25, 0.3) is 11.4 Å². The average molecular weight is 260 g/mol. The molecule has 2 heterocycles. The van der Waals surface area contributed by atoms with Crippen molar-refractivity contribution >= 4 is 0 Å². The number of fused-ring (bicyclic) bond motifs is 1. The topological polar surface area (TPSA) is 56.5 Å². The van der Waals surface area contributed by atoms with Gasteiger partial charge < -0.3 is 19.1 Å². The molecule has 1 aliphatic rings. The van der Waals surface area contributed by atoms with Crippen molar-refractivity contribution in [3.63, 3.8) is 0 Å². The van der Waals surface area contributed by atoms with Gasteiger partial charge in [-0.2, -0.15) is 0 Å². The number of ether oxygens (including phenoxy) is 2. The maximum absolute atomic E-state index is 8.96. The molecule has 1 aliphatic heterocycles. The Morgan fingerprint density at radius 2 is 2.05 bits per heavy atom. The van der Waals surface area contributed by atoms with Crippen LogP contribution in [0.15, 0.2) is 24.4 Å². The smallest absolute Gasteiger partial charge is 0.162 e. The third-order valence-electron chi connectivity index (χ3n) is 3.09. The Kier molecular flexibility index (Phi) is 3.13. The summed E-state index contributed by atoms with van der Waals surface area (Å²) in [4.78, 5) is 4.53. The number of aliphatic hydroxyl groups excluding tert-OH is 1. The minimum absolute atomic E-state index is 0.109. The van der Waals surface area contributed by atoms with E-state index in [2.05, 4.69) is 4.98 Å². The molecule has 1 N–H and O–H groups in total. The zero-order valence-electron chi connectivity index (χ0n) is 10.8. The normalized spacial score (nSPS) is 13.6. The van der Waals surface area contributed by atoms with E-state index in [0.29, 0.717) is 19.6 Å². The molecule has 0 bridgehead atoms.